The molecule has 0 unspecified atom stereocenters. The van der Waals surface area contributed by atoms with E-state index in [0.29, 0.717) is 24.9 Å². The number of benzene rings is 1. The van der Waals surface area contributed by atoms with Crippen LogP contribution in [0.1, 0.15) is 24.9 Å². The zero-order valence-corrected chi connectivity index (χ0v) is 12.5. The minimum Gasteiger partial charge on any atom is -0.490 e. The van der Waals surface area contributed by atoms with Crippen LogP contribution < -0.4 is 20.1 Å². The summed E-state index contributed by atoms with van der Waals surface area (Å²) in [4.78, 5) is 0. The van der Waals surface area contributed by atoms with Gasteiger partial charge in [-0.25, -0.2) is 0 Å². The molecule has 0 amide bonds. The maximum atomic E-state index is 5.69. The first-order valence-corrected chi connectivity index (χ1v) is 7.16. The van der Waals surface area contributed by atoms with Crippen molar-refractivity contribution < 1.29 is 9.47 Å². The molecule has 1 heterocycles. The van der Waals surface area contributed by atoms with Gasteiger partial charge >= 0.3 is 0 Å². The van der Waals surface area contributed by atoms with Gasteiger partial charge in [0, 0.05) is 13.0 Å². The van der Waals surface area contributed by atoms with Crippen LogP contribution in [0.15, 0.2) is 30.9 Å². The Hall–Kier alpha value is -1.75. The summed E-state index contributed by atoms with van der Waals surface area (Å²) in [6.45, 7) is 7.75. The first-order chi connectivity index (χ1) is 9.70. The van der Waals surface area contributed by atoms with Gasteiger partial charge < -0.3 is 20.1 Å². The second-order valence-electron chi connectivity index (χ2n) is 4.62. The monoisotopic (exact) mass is 292 g/mol. The molecule has 0 spiro atoms. The highest BCUT2D eigenvalue weighted by Crippen LogP contribution is 2.32. The normalized spacial score (nSPS) is 14.8. The molecule has 4 nitrogen and oxygen atoms in total. The SMILES string of the molecule is C=CCNC(=S)N[C@H](C)c1ccc2c(c1)OCCCO2. The first kappa shape index (κ1) is 14.7. The molecule has 0 saturated heterocycles. The zero-order chi connectivity index (χ0) is 14.4. The fourth-order valence-electron chi connectivity index (χ4n) is 1.95. The molecule has 1 aromatic carbocycles. The third-order valence-electron chi connectivity index (χ3n) is 3.03. The molecule has 0 fully saturated rings. The van der Waals surface area contributed by atoms with E-state index in [-0.39, 0.29) is 6.04 Å². The molecule has 0 saturated carbocycles. The van der Waals surface area contributed by atoms with Crippen LogP contribution in [0.2, 0.25) is 0 Å². The van der Waals surface area contributed by atoms with Gasteiger partial charge in [0.05, 0.1) is 19.3 Å². The van der Waals surface area contributed by atoms with Crippen molar-refractivity contribution in [1.82, 2.24) is 10.6 Å². The Morgan fingerprint density at radius 1 is 1.40 bits per heavy atom. The molecule has 2 rings (SSSR count). The van der Waals surface area contributed by atoms with Crippen LogP contribution in [0, 0.1) is 0 Å². The largest absolute Gasteiger partial charge is 0.490 e. The van der Waals surface area contributed by atoms with E-state index < -0.39 is 0 Å². The zero-order valence-electron chi connectivity index (χ0n) is 11.6. The van der Waals surface area contributed by atoms with E-state index in [1.54, 1.807) is 6.08 Å². The highest BCUT2D eigenvalue weighted by atomic mass is 32.1. The quantitative estimate of drug-likeness (QED) is 0.659. The van der Waals surface area contributed by atoms with Gasteiger partial charge in [0.2, 0.25) is 0 Å². The Kier molecular flexibility index (Phi) is 5.24. The predicted molar refractivity (Wildman–Crippen MR) is 84.4 cm³/mol. The summed E-state index contributed by atoms with van der Waals surface area (Å²) in [7, 11) is 0. The molecule has 1 aliphatic heterocycles. The number of nitrogens with one attached hydrogen (secondary N) is 2. The van der Waals surface area contributed by atoms with Gasteiger partial charge in [-0.2, -0.15) is 0 Å². The average Bonchev–Trinajstić information content (AvgIpc) is 2.69. The molecule has 1 aliphatic rings. The standard InChI is InChI=1S/C15H20N2O2S/c1-3-7-16-15(20)17-11(2)12-5-6-13-14(10-12)19-9-4-8-18-13/h3,5-6,10-11H,1,4,7-9H2,2H3,(H2,16,17,20)/t11-/m1/s1. The number of ether oxygens (including phenoxy) is 2. The summed E-state index contributed by atoms with van der Waals surface area (Å²) in [6, 6.07) is 6.08. The van der Waals surface area contributed by atoms with E-state index in [4.69, 9.17) is 21.7 Å². The van der Waals surface area contributed by atoms with E-state index in [9.17, 15) is 0 Å². The second kappa shape index (κ2) is 7.14. The smallest absolute Gasteiger partial charge is 0.167 e. The second-order valence-corrected chi connectivity index (χ2v) is 5.03. The van der Waals surface area contributed by atoms with Gasteiger partial charge in [0.1, 0.15) is 0 Å². The van der Waals surface area contributed by atoms with Gasteiger partial charge in [-0.3, -0.25) is 0 Å². The lowest BCUT2D eigenvalue weighted by molar-refractivity contribution is 0.297. The van der Waals surface area contributed by atoms with Gasteiger partial charge in [-0.05, 0) is 36.8 Å². The number of fused-ring (bicyclic) bond motifs is 1. The topological polar surface area (TPSA) is 42.5 Å². The Morgan fingerprint density at radius 2 is 2.15 bits per heavy atom. The van der Waals surface area contributed by atoms with Crippen molar-refractivity contribution in [3.8, 4) is 11.5 Å². The van der Waals surface area contributed by atoms with Gasteiger partial charge in [0.25, 0.3) is 0 Å². The van der Waals surface area contributed by atoms with E-state index in [1.807, 2.05) is 18.2 Å². The highest BCUT2D eigenvalue weighted by molar-refractivity contribution is 7.80. The highest BCUT2D eigenvalue weighted by Gasteiger charge is 2.14. The van der Waals surface area contributed by atoms with Crippen molar-refractivity contribution in [1.29, 1.82) is 0 Å². The lowest BCUT2D eigenvalue weighted by Crippen LogP contribution is -2.36. The minimum atomic E-state index is 0.0944. The van der Waals surface area contributed by atoms with Crippen molar-refractivity contribution in [2.24, 2.45) is 0 Å². The van der Waals surface area contributed by atoms with Gasteiger partial charge in [-0.15, -0.1) is 6.58 Å². The lowest BCUT2D eigenvalue weighted by atomic mass is 10.1. The van der Waals surface area contributed by atoms with E-state index >= 15 is 0 Å². The average molecular weight is 292 g/mol. The molecule has 1 atom stereocenters. The summed E-state index contributed by atoms with van der Waals surface area (Å²) in [5.74, 6) is 1.62. The van der Waals surface area contributed by atoms with Gasteiger partial charge in [-0.1, -0.05) is 12.1 Å². The lowest BCUT2D eigenvalue weighted by Gasteiger charge is -2.18. The van der Waals surface area contributed by atoms with Crippen LogP contribution in [-0.2, 0) is 0 Å². The molecule has 0 aliphatic carbocycles. The number of thiocarbonyl (C=S) groups is 1. The minimum absolute atomic E-state index is 0.0944. The van der Waals surface area contributed by atoms with E-state index in [0.717, 1.165) is 23.5 Å². The molecule has 20 heavy (non-hydrogen) atoms. The Labute approximate surface area is 125 Å². The van der Waals surface area contributed by atoms with Crippen LogP contribution in [0.5, 0.6) is 11.5 Å². The van der Waals surface area contributed by atoms with Crippen molar-refractivity contribution in [3.05, 3.63) is 36.4 Å². The Morgan fingerprint density at radius 3 is 2.90 bits per heavy atom. The molecular formula is C15H20N2O2S. The number of rotatable bonds is 4. The third-order valence-corrected chi connectivity index (χ3v) is 3.29. The van der Waals surface area contributed by atoms with Crippen LogP contribution in [0.25, 0.3) is 0 Å². The summed E-state index contributed by atoms with van der Waals surface area (Å²) in [5.41, 5.74) is 1.11. The molecule has 0 bridgehead atoms. The summed E-state index contributed by atoms with van der Waals surface area (Å²) < 4.78 is 11.3. The van der Waals surface area contributed by atoms with Crippen molar-refractivity contribution >= 4 is 17.3 Å². The maximum absolute atomic E-state index is 5.69. The molecule has 5 heteroatoms. The van der Waals surface area contributed by atoms with Crippen LogP contribution in [0.4, 0.5) is 0 Å². The fourth-order valence-corrected chi connectivity index (χ4v) is 2.21. The summed E-state index contributed by atoms with van der Waals surface area (Å²) in [6.07, 6.45) is 2.68. The van der Waals surface area contributed by atoms with E-state index in [1.165, 1.54) is 0 Å². The van der Waals surface area contributed by atoms with Crippen molar-refractivity contribution in [3.63, 3.8) is 0 Å². The molecule has 108 valence electrons. The molecule has 1 aromatic rings. The van der Waals surface area contributed by atoms with Crippen LogP contribution in [0.3, 0.4) is 0 Å². The van der Waals surface area contributed by atoms with Crippen molar-refractivity contribution in [2.75, 3.05) is 19.8 Å². The predicted octanol–water partition coefficient (Wildman–Crippen LogP) is 2.56. The van der Waals surface area contributed by atoms with Crippen LogP contribution >= 0.6 is 12.2 Å². The maximum Gasteiger partial charge on any atom is 0.167 e. The van der Waals surface area contributed by atoms with Gasteiger partial charge in [0.15, 0.2) is 16.6 Å². The third kappa shape index (κ3) is 3.87. The van der Waals surface area contributed by atoms with Crippen LogP contribution in [-0.4, -0.2) is 24.9 Å². The molecular weight excluding hydrogens is 272 g/mol. The first-order valence-electron chi connectivity index (χ1n) is 6.75. The van der Waals surface area contributed by atoms with Crippen molar-refractivity contribution in [2.45, 2.75) is 19.4 Å². The number of hydrogen-bond acceptors (Lipinski definition) is 3. The molecule has 0 radical (unpaired) electrons. The summed E-state index contributed by atoms with van der Waals surface area (Å²) >= 11 is 5.21. The fraction of sp³-hybridized carbons (Fsp3) is 0.400. The molecule has 2 N–H and O–H groups in total. The Bertz CT molecular complexity index is 491. The Balaban J connectivity index is 2.03. The number of hydrogen-bond donors (Lipinski definition) is 2. The summed E-state index contributed by atoms with van der Waals surface area (Å²) in [5, 5.41) is 6.90. The molecule has 0 aromatic heterocycles. The van der Waals surface area contributed by atoms with E-state index in [2.05, 4.69) is 24.1 Å².